The molecule has 1 nitrogen and oxygen atoms in total. The molecular weight excluding hydrogens is 226 g/mol. The molecule has 0 saturated carbocycles. The number of hydrogen-bond acceptors (Lipinski definition) is 1. The van der Waals surface area contributed by atoms with E-state index in [1.165, 1.54) is 11.1 Å². The first-order chi connectivity index (χ1) is 6.31. The number of alkyl halides is 1. The monoisotopic (exact) mass is 239 g/mol. The Labute approximate surface area is 87.9 Å². The van der Waals surface area contributed by atoms with Gasteiger partial charge in [-0.1, -0.05) is 40.2 Å². The number of halogens is 1. The van der Waals surface area contributed by atoms with Crippen LogP contribution >= 0.6 is 15.9 Å². The van der Waals surface area contributed by atoms with Crippen molar-refractivity contribution in [3.63, 3.8) is 0 Å². The number of rotatable bonds is 2. The van der Waals surface area contributed by atoms with Gasteiger partial charge in [-0.2, -0.15) is 0 Å². The Bertz CT molecular complexity index is 273. The zero-order valence-corrected chi connectivity index (χ0v) is 9.42. The average Bonchev–Trinajstić information content (AvgIpc) is 2.59. The third kappa shape index (κ3) is 1.79. The summed E-state index contributed by atoms with van der Waals surface area (Å²) in [6.07, 6.45) is 0. The molecule has 1 aromatic carbocycles. The first kappa shape index (κ1) is 9.22. The molecule has 0 unspecified atom stereocenters. The number of hydrogen-bond donors (Lipinski definition) is 0. The summed E-state index contributed by atoms with van der Waals surface area (Å²) < 4.78 is 0. The van der Waals surface area contributed by atoms with Crippen LogP contribution < -0.4 is 0 Å². The Morgan fingerprint density at radius 1 is 1.31 bits per heavy atom. The predicted molar refractivity (Wildman–Crippen MR) is 58.9 cm³/mol. The third-order valence-electron chi connectivity index (χ3n) is 2.71. The van der Waals surface area contributed by atoms with Crippen LogP contribution in [0.4, 0.5) is 0 Å². The summed E-state index contributed by atoms with van der Waals surface area (Å²) >= 11 is 3.53. The Hall–Kier alpha value is -0.340. The lowest BCUT2D eigenvalue weighted by Crippen LogP contribution is -2.28. The van der Waals surface area contributed by atoms with E-state index in [4.69, 9.17) is 0 Å². The molecule has 70 valence electrons. The number of nitrogens with zero attached hydrogens (tertiary/aromatic N) is 1. The van der Waals surface area contributed by atoms with E-state index in [2.05, 4.69) is 52.0 Å². The molecule has 1 aliphatic rings. The molecule has 2 heteroatoms. The van der Waals surface area contributed by atoms with Gasteiger partial charge in [0.05, 0.1) is 0 Å². The summed E-state index contributed by atoms with van der Waals surface area (Å²) in [6.45, 7) is 4.49. The second kappa shape index (κ2) is 3.81. The van der Waals surface area contributed by atoms with Crippen molar-refractivity contribution >= 4 is 15.9 Å². The van der Waals surface area contributed by atoms with Crippen LogP contribution in [0.5, 0.6) is 0 Å². The maximum Gasteiger partial charge on any atom is 0.0243 e. The fourth-order valence-electron chi connectivity index (χ4n) is 1.77. The van der Waals surface area contributed by atoms with E-state index in [0.29, 0.717) is 6.04 Å². The van der Waals surface area contributed by atoms with Crippen molar-refractivity contribution in [3.05, 3.63) is 35.4 Å². The smallest absolute Gasteiger partial charge is 0.0243 e. The minimum atomic E-state index is 0.632. The first-order valence-corrected chi connectivity index (χ1v) is 5.80. The van der Waals surface area contributed by atoms with Crippen molar-refractivity contribution in [1.82, 2.24) is 4.90 Å². The summed E-state index contributed by atoms with van der Waals surface area (Å²) in [7, 11) is 0. The van der Waals surface area contributed by atoms with Gasteiger partial charge in [0.15, 0.2) is 0 Å². The van der Waals surface area contributed by atoms with E-state index in [1.807, 2.05) is 0 Å². The van der Waals surface area contributed by atoms with Crippen LogP contribution in [0.2, 0.25) is 0 Å². The summed E-state index contributed by atoms with van der Waals surface area (Å²) in [4.78, 5) is 2.50. The lowest BCUT2D eigenvalue weighted by molar-refractivity contribution is 0.232. The zero-order valence-electron chi connectivity index (χ0n) is 7.83. The van der Waals surface area contributed by atoms with Gasteiger partial charge in [0.2, 0.25) is 0 Å². The van der Waals surface area contributed by atoms with Gasteiger partial charge < -0.3 is 0 Å². The highest BCUT2D eigenvalue weighted by Gasteiger charge is 2.21. The Morgan fingerprint density at radius 2 is 1.85 bits per heavy atom. The average molecular weight is 240 g/mol. The van der Waals surface area contributed by atoms with Gasteiger partial charge in [-0.05, 0) is 18.1 Å². The molecule has 13 heavy (non-hydrogen) atoms. The second-order valence-electron chi connectivity index (χ2n) is 3.68. The van der Waals surface area contributed by atoms with Crippen LogP contribution in [0.25, 0.3) is 0 Å². The Balaban J connectivity index is 2.14. The molecule has 0 bridgehead atoms. The molecule has 0 N–H and O–H groups in total. The highest BCUT2D eigenvalue weighted by molar-refractivity contribution is 9.09. The van der Waals surface area contributed by atoms with Crippen LogP contribution in [0.15, 0.2) is 24.3 Å². The second-order valence-corrected chi connectivity index (χ2v) is 4.32. The molecule has 2 rings (SSSR count). The molecule has 0 spiro atoms. The van der Waals surface area contributed by atoms with Gasteiger partial charge in [0.1, 0.15) is 0 Å². The molecule has 0 aromatic heterocycles. The van der Waals surface area contributed by atoms with Crippen molar-refractivity contribution in [1.29, 1.82) is 0 Å². The van der Waals surface area contributed by atoms with Gasteiger partial charge in [-0.3, -0.25) is 4.90 Å². The minimum Gasteiger partial charge on any atom is -0.291 e. The van der Waals surface area contributed by atoms with Gasteiger partial charge >= 0.3 is 0 Å². The maximum atomic E-state index is 3.53. The summed E-state index contributed by atoms with van der Waals surface area (Å²) in [6, 6.07) is 9.35. The largest absolute Gasteiger partial charge is 0.291 e. The summed E-state index contributed by atoms with van der Waals surface area (Å²) in [5, 5.41) is 1.06. The van der Waals surface area contributed by atoms with E-state index < -0.39 is 0 Å². The van der Waals surface area contributed by atoms with Crippen molar-refractivity contribution in [3.8, 4) is 0 Å². The van der Waals surface area contributed by atoms with E-state index in [1.54, 1.807) is 0 Å². The highest BCUT2D eigenvalue weighted by atomic mass is 79.9. The van der Waals surface area contributed by atoms with Crippen molar-refractivity contribution in [2.45, 2.75) is 26.1 Å². The number of benzene rings is 1. The molecule has 0 radical (unpaired) electrons. The molecule has 0 saturated heterocycles. The fourth-order valence-corrected chi connectivity index (χ4v) is 2.18. The predicted octanol–water partition coefficient (Wildman–Crippen LogP) is 2.79. The number of fused-ring (bicyclic) bond motifs is 1. The molecule has 1 aromatic rings. The first-order valence-electron chi connectivity index (χ1n) is 4.68. The summed E-state index contributed by atoms with van der Waals surface area (Å²) in [5.41, 5.74) is 2.99. The van der Waals surface area contributed by atoms with Crippen LogP contribution in [0.3, 0.4) is 0 Å². The van der Waals surface area contributed by atoms with Crippen LogP contribution in [-0.4, -0.2) is 16.3 Å². The Morgan fingerprint density at radius 3 is 2.31 bits per heavy atom. The van der Waals surface area contributed by atoms with Crippen LogP contribution in [0, 0.1) is 0 Å². The Kier molecular flexibility index (Phi) is 2.70. The van der Waals surface area contributed by atoms with Gasteiger partial charge in [-0.25, -0.2) is 0 Å². The fraction of sp³-hybridized carbons (Fsp3) is 0.455. The highest BCUT2D eigenvalue weighted by Crippen LogP contribution is 2.24. The quantitative estimate of drug-likeness (QED) is 0.718. The third-order valence-corrected chi connectivity index (χ3v) is 3.65. The lowest BCUT2D eigenvalue weighted by atomic mass is 10.1. The summed E-state index contributed by atoms with van der Waals surface area (Å²) in [5.74, 6) is 0. The SMILES string of the molecule is C[C@H](CBr)N1Cc2ccccc2C1. The molecule has 1 aliphatic heterocycles. The molecule has 0 aliphatic carbocycles. The van der Waals surface area contributed by atoms with Gasteiger partial charge in [0, 0.05) is 24.5 Å². The molecular formula is C11H14BrN. The standard InChI is InChI=1S/C11H14BrN/c1-9(6-12)13-7-10-4-2-3-5-11(10)8-13/h2-5,9H,6-8H2,1H3/t9-/m1/s1. The van der Waals surface area contributed by atoms with Gasteiger partial charge in [-0.15, -0.1) is 0 Å². The molecule has 1 heterocycles. The van der Waals surface area contributed by atoms with E-state index >= 15 is 0 Å². The topological polar surface area (TPSA) is 3.24 Å². The maximum absolute atomic E-state index is 3.53. The zero-order chi connectivity index (χ0) is 9.26. The van der Waals surface area contributed by atoms with Crippen molar-refractivity contribution in [2.24, 2.45) is 0 Å². The van der Waals surface area contributed by atoms with Crippen LogP contribution in [-0.2, 0) is 13.1 Å². The van der Waals surface area contributed by atoms with Crippen molar-refractivity contribution in [2.75, 3.05) is 5.33 Å². The van der Waals surface area contributed by atoms with Gasteiger partial charge in [0.25, 0.3) is 0 Å². The van der Waals surface area contributed by atoms with Crippen molar-refractivity contribution < 1.29 is 0 Å². The minimum absolute atomic E-state index is 0.632. The molecule has 1 atom stereocenters. The van der Waals surface area contributed by atoms with Crippen LogP contribution in [0.1, 0.15) is 18.1 Å². The van der Waals surface area contributed by atoms with E-state index in [9.17, 15) is 0 Å². The lowest BCUT2D eigenvalue weighted by Gasteiger charge is -2.21. The molecule has 0 amide bonds. The van der Waals surface area contributed by atoms with E-state index in [0.717, 1.165) is 18.4 Å². The van der Waals surface area contributed by atoms with E-state index in [-0.39, 0.29) is 0 Å². The molecule has 0 fully saturated rings. The normalized spacial score (nSPS) is 18.6.